The molecule has 0 spiro atoms. The van der Waals surface area contributed by atoms with E-state index in [9.17, 15) is 4.79 Å². The predicted octanol–water partition coefficient (Wildman–Crippen LogP) is 0.448. The van der Waals surface area contributed by atoms with Crippen LogP contribution >= 0.6 is 0 Å². The van der Waals surface area contributed by atoms with E-state index >= 15 is 0 Å². The Bertz CT molecular complexity index is 510. The second-order valence-corrected chi connectivity index (χ2v) is 3.46. The Morgan fingerprint density at radius 1 is 1.59 bits per heavy atom. The van der Waals surface area contributed by atoms with E-state index in [-0.39, 0.29) is 0 Å². The van der Waals surface area contributed by atoms with Gasteiger partial charge >= 0.3 is 5.97 Å². The highest BCUT2D eigenvalue weighted by Gasteiger charge is 2.21. The summed E-state index contributed by atoms with van der Waals surface area (Å²) in [6, 6.07) is 0.727. The minimum absolute atomic E-state index is 0.455. The largest absolute Gasteiger partial charge is 0.479 e. The highest BCUT2D eigenvalue weighted by molar-refractivity contribution is 5.78. The van der Waals surface area contributed by atoms with Gasteiger partial charge in [0.15, 0.2) is 6.04 Å². The summed E-state index contributed by atoms with van der Waals surface area (Å²) in [6.07, 6.45) is 6.04. The average molecular weight is 233 g/mol. The minimum Gasteiger partial charge on any atom is -0.479 e. The number of aromatic nitrogens is 4. The summed E-state index contributed by atoms with van der Waals surface area (Å²) in [7, 11) is 1.73. The second-order valence-electron chi connectivity index (χ2n) is 3.46. The molecule has 0 aliphatic rings. The number of carboxylic acid groups (broad SMARTS) is 1. The summed E-state index contributed by atoms with van der Waals surface area (Å²) in [4.78, 5) is 18.9. The molecule has 1 atom stereocenters. The Morgan fingerprint density at radius 3 is 2.94 bits per heavy atom. The van der Waals surface area contributed by atoms with E-state index in [4.69, 9.17) is 5.11 Å². The van der Waals surface area contributed by atoms with E-state index in [0.717, 1.165) is 0 Å². The van der Waals surface area contributed by atoms with Gasteiger partial charge in [-0.3, -0.25) is 4.68 Å². The standard InChI is InChI=1S/C10H11N5O2/c1-15-5-7(4-13-15)9(10(16)17)14-8-2-3-11-6-12-8/h2-6,9H,1H3,(H,16,17)(H,11,12,14). The Hall–Kier alpha value is -2.44. The fraction of sp³-hybridized carbons (Fsp3) is 0.200. The quantitative estimate of drug-likeness (QED) is 0.796. The van der Waals surface area contributed by atoms with Gasteiger partial charge in [-0.1, -0.05) is 0 Å². The number of nitrogens with one attached hydrogen (secondary N) is 1. The summed E-state index contributed by atoms with van der Waals surface area (Å²) in [6.45, 7) is 0. The lowest BCUT2D eigenvalue weighted by Crippen LogP contribution is -2.20. The molecule has 0 bridgehead atoms. The molecule has 2 aromatic heterocycles. The smallest absolute Gasteiger partial charge is 0.330 e. The van der Waals surface area contributed by atoms with E-state index in [1.54, 1.807) is 24.0 Å². The highest BCUT2D eigenvalue weighted by Crippen LogP contribution is 2.17. The summed E-state index contributed by atoms with van der Waals surface area (Å²) in [5.41, 5.74) is 0.568. The molecule has 0 aromatic carbocycles. The molecule has 0 aliphatic heterocycles. The predicted molar refractivity (Wildman–Crippen MR) is 59.2 cm³/mol. The lowest BCUT2D eigenvalue weighted by molar-refractivity contribution is -0.138. The summed E-state index contributed by atoms with van der Waals surface area (Å²) < 4.78 is 1.55. The molecule has 17 heavy (non-hydrogen) atoms. The van der Waals surface area contributed by atoms with Gasteiger partial charge in [-0.25, -0.2) is 14.8 Å². The number of hydrogen-bond acceptors (Lipinski definition) is 5. The number of nitrogens with zero attached hydrogens (tertiary/aromatic N) is 4. The third kappa shape index (κ3) is 2.57. The zero-order valence-electron chi connectivity index (χ0n) is 9.11. The minimum atomic E-state index is -0.989. The topological polar surface area (TPSA) is 92.9 Å². The zero-order valence-corrected chi connectivity index (χ0v) is 9.11. The Balaban J connectivity index is 2.22. The van der Waals surface area contributed by atoms with Crippen LogP contribution < -0.4 is 5.32 Å². The van der Waals surface area contributed by atoms with Crippen molar-refractivity contribution in [1.82, 2.24) is 19.7 Å². The number of anilines is 1. The number of hydrogen-bond donors (Lipinski definition) is 2. The van der Waals surface area contributed by atoms with Gasteiger partial charge in [-0.05, 0) is 6.07 Å². The maximum Gasteiger partial charge on any atom is 0.330 e. The van der Waals surface area contributed by atoms with Crippen molar-refractivity contribution in [2.75, 3.05) is 5.32 Å². The third-order valence-electron chi connectivity index (χ3n) is 2.18. The molecule has 0 saturated heterocycles. The first-order valence-corrected chi connectivity index (χ1v) is 4.90. The molecule has 2 aromatic rings. The molecule has 1 unspecified atom stereocenters. The number of rotatable bonds is 4. The van der Waals surface area contributed by atoms with Crippen LogP contribution in [0.4, 0.5) is 5.82 Å². The van der Waals surface area contributed by atoms with E-state index in [2.05, 4.69) is 20.4 Å². The molecule has 0 fully saturated rings. The van der Waals surface area contributed by atoms with Crippen LogP contribution in [-0.4, -0.2) is 30.8 Å². The first-order valence-electron chi connectivity index (χ1n) is 4.90. The third-order valence-corrected chi connectivity index (χ3v) is 2.18. The fourth-order valence-electron chi connectivity index (χ4n) is 1.40. The molecule has 2 heterocycles. The van der Waals surface area contributed by atoms with Gasteiger partial charge in [0.1, 0.15) is 12.1 Å². The van der Waals surface area contributed by atoms with Crippen LogP contribution in [0.2, 0.25) is 0 Å². The Kier molecular flexibility index (Phi) is 2.99. The van der Waals surface area contributed by atoms with Gasteiger partial charge < -0.3 is 10.4 Å². The molecule has 0 aliphatic carbocycles. The summed E-state index contributed by atoms with van der Waals surface area (Å²) >= 11 is 0. The monoisotopic (exact) mass is 233 g/mol. The van der Waals surface area contributed by atoms with Crippen LogP contribution in [0.25, 0.3) is 0 Å². The van der Waals surface area contributed by atoms with E-state index < -0.39 is 12.0 Å². The fourth-order valence-corrected chi connectivity index (χ4v) is 1.40. The molecule has 7 nitrogen and oxygen atoms in total. The zero-order chi connectivity index (χ0) is 12.3. The molecular formula is C10H11N5O2. The maximum atomic E-state index is 11.2. The lowest BCUT2D eigenvalue weighted by atomic mass is 10.1. The van der Waals surface area contributed by atoms with Crippen LogP contribution in [0.1, 0.15) is 11.6 Å². The molecule has 2 N–H and O–H groups in total. The number of aryl methyl sites for hydroxylation is 1. The molecule has 2 rings (SSSR count). The van der Waals surface area contributed by atoms with Crippen LogP contribution in [0.5, 0.6) is 0 Å². The van der Waals surface area contributed by atoms with E-state index in [0.29, 0.717) is 11.4 Å². The molecule has 88 valence electrons. The maximum absolute atomic E-state index is 11.2. The molecule has 7 heteroatoms. The van der Waals surface area contributed by atoms with Crippen molar-refractivity contribution in [2.45, 2.75) is 6.04 Å². The normalized spacial score (nSPS) is 12.1. The van der Waals surface area contributed by atoms with Gasteiger partial charge in [-0.2, -0.15) is 5.10 Å². The van der Waals surface area contributed by atoms with Crippen LogP contribution in [-0.2, 0) is 11.8 Å². The van der Waals surface area contributed by atoms with Crippen LogP contribution in [0.15, 0.2) is 31.0 Å². The molecule has 0 amide bonds. The SMILES string of the molecule is Cn1cc(C(Nc2ccncn2)C(=O)O)cn1. The van der Waals surface area contributed by atoms with Gasteiger partial charge in [0, 0.05) is 25.0 Å². The summed E-state index contributed by atoms with van der Waals surface area (Å²) in [5.74, 6) is -0.534. The Morgan fingerprint density at radius 2 is 2.41 bits per heavy atom. The first-order chi connectivity index (χ1) is 8.16. The summed E-state index contributed by atoms with van der Waals surface area (Å²) in [5, 5.41) is 15.9. The number of aliphatic carboxylic acids is 1. The van der Waals surface area contributed by atoms with E-state index in [1.807, 2.05) is 0 Å². The van der Waals surface area contributed by atoms with Crippen molar-refractivity contribution in [2.24, 2.45) is 7.05 Å². The second kappa shape index (κ2) is 4.60. The molecule has 0 radical (unpaired) electrons. The number of carboxylic acids is 1. The lowest BCUT2D eigenvalue weighted by Gasteiger charge is -2.12. The van der Waals surface area contributed by atoms with Crippen LogP contribution in [0, 0.1) is 0 Å². The van der Waals surface area contributed by atoms with Crippen molar-refractivity contribution in [1.29, 1.82) is 0 Å². The molecule has 0 saturated carbocycles. The van der Waals surface area contributed by atoms with E-state index in [1.165, 1.54) is 18.7 Å². The van der Waals surface area contributed by atoms with Crippen molar-refractivity contribution >= 4 is 11.8 Å². The van der Waals surface area contributed by atoms with Crippen molar-refractivity contribution in [3.05, 3.63) is 36.5 Å². The molecular weight excluding hydrogens is 222 g/mol. The number of carbonyl (C=O) groups is 1. The van der Waals surface area contributed by atoms with Gasteiger partial charge in [-0.15, -0.1) is 0 Å². The van der Waals surface area contributed by atoms with Crippen LogP contribution in [0.3, 0.4) is 0 Å². The highest BCUT2D eigenvalue weighted by atomic mass is 16.4. The van der Waals surface area contributed by atoms with Gasteiger partial charge in [0.05, 0.1) is 6.20 Å². The van der Waals surface area contributed by atoms with Gasteiger partial charge in [0.25, 0.3) is 0 Å². The Labute approximate surface area is 97.1 Å². The van der Waals surface area contributed by atoms with Gasteiger partial charge in [0.2, 0.25) is 0 Å². The average Bonchev–Trinajstić information content (AvgIpc) is 2.73. The first kappa shape index (κ1) is 11.1. The van der Waals surface area contributed by atoms with Crippen molar-refractivity contribution in [3.63, 3.8) is 0 Å². The van der Waals surface area contributed by atoms with Crippen molar-refractivity contribution in [3.8, 4) is 0 Å². The van der Waals surface area contributed by atoms with Crippen molar-refractivity contribution < 1.29 is 9.90 Å².